The van der Waals surface area contributed by atoms with Crippen molar-refractivity contribution in [1.82, 2.24) is 10.2 Å². The Balaban J connectivity index is 2.78. The third-order valence-electron chi connectivity index (χ3n) is 4.04. The predicted octanol–water partition coefficient (Wildman–Crippen LogP) is 4.36. The van der Waals surface area contributed by atoms with Gasteiger partial charge >= 0.3 is 0 Å². The lowest BCUT2D eigenvalue weighted by atomic mass is 9.98. The molecule has 1 aromatic carbocycles. The number of nitrogens with zero attached hydrogens (tertiary/aromatic N) is 1. The maximum atomic E-state index is 6.33. The molecule has 0 aromatic heterocycles. The molecule has 0 aliphatic heterocycles. The van der Waals surface area contributed by atoms with Crippen LogP contribution in [0.1, 0.15) is 45.7 Å². The second kappa shape index (κ2) is 8.66. The zero-order valence-corrected chi connectivity index (χ0v) is 14.2. The fourth-order valence-electron chi connectivity index (χ4n) is 2.60. The van der Waals surface area contributed by atoms with Gasteiger partial charge < -0.3 is 5.32 Å². The van der Waals surface area contributed by atoms with E-state index in [0.29, 0.717) is 18.0 Å². The molecule has 0 amide bonds. The van der Waals surface area contributed by atoms with Gasteiger partial charge in [0.1, 0.15) is 0 Å². The van der Waals surface area contributed by atoms with Crippen molar-refractivity contribution in [2.75, 3.05) is 20.1 Å². The second-order valence-electron chi connectivity index (χ2n) is 5.88. The first-order valence-electron chi connectivity index (χ1n) is 7.66. The van der Waals surface area contributed by atoms with Crippen LogP contribution in [0.3, 0.4) is 0 Å². The summed E-state index contributed by atoms with van der Waals surface area (Å²) in [4.78, 5) is 2.44. The van der Waals surface area contributed by atoms with E-state index in [0.717, 1.165) is 18.1 Å². The number of benzene rings is 1. The van der Waals surface area contributed by atoms with E-state index in [4.69, 9.17) is 11.6 Å². The zero-order chi connectivity index (χ0) is 15.1. The van der Waals surface area contributed by atoms with Crippen molar-refractivity contribution in [1.29, 1.82) is 0 Å². The van der Waals surface area contributed by atoms with E-state index in [1.165, 1.54) is 12.0 Å². The maximum absolute atomic E-state index is 6.33. The van der Waals surface area contributed by atoms with E-state index in [9.17, 15) is 0 Å². The number of rotatable bonds is 8. The van der Waals surface area contributed by atoms with E-state index < -0.39 is 0 Å². The molecule has 0 aliphatic carbocycles. The van der Waals surface area contributed by atoms with E-state index in [1.807, 2.05) is 12.1 Å². The summed E-state index contributed by atoms with van der Waals surface area (Å²) in [6, 6.07) is 8.97. The zero-order valence-electron chi connectivity index (χ0n) is 13.5. The smallest absolute Gasteiger partial charge is 0.0453 e. The van der Waals surface area contributed by atoms with Crippen molar-refractivity contribution >= 4 is 11.6 Å². The summed E-state index contributed by atoms with van der Waals surface area (Å²) < 4.78 is 0. The summed E-state index contributed by atoms with van der Waals surface area (Å²) in [5, 5.41) is 4.40. The second-order valence-corrected chi connectivity index (χ2v) is 6.29. The molecule has 2 nitrogen and oxygen atoms in total. The summed E-state index contributed by atoms with van der Waals surface area (Å²) in [6.45, 7) is 11.1. The van der Waals surface area contributed by atoms with Crippen molar-refractivity contribution in [2.24, 2.45) is 5.92 Å². The summed E-state index contributed by atoms with van der Waals surface area (Å²) in [6.07, 6.45) is 1.18. The van der Waals surface area contributed by atoms with Crippen LogP contribution >= 0.6 is 11.6 Å². The van der Waals surface area contributed by atoms with Crippen LogP contribution in [-0.4, -0.2) is 31.1 Å². The van der Waals surface area contributed by atoms with Gasteiger partial charge in [0.25, 0.3) is 0 Å². The van der Waals surface area contributed by atoms with E-state index in [-0.39, 0.29) is 0 Å². The lowest BCUT2D eigenvalue weighted by Crippen LogP contribution is -2.44. The average molecular weight is 297 g/mol. The third kappa shape index (κ3) is 4.76. The largest absolute Gasteiger partial charge is 0.315 e. The Labute approximate surface area is 129 Å². The van der Waals surface area contributed by atoms with Crippen LogP contribution in [0.25, 0.3) is 0 Å². The van der Waals surface area contributed by atoms with Gasteiger partial charge in [-0.25, -0.2) is 0 Å². The summed E-state index contributed by atoms with van der Waals surface area (Å²) in [5.74, 6) is 0.606. The highest BCUT2D eigenvalue weighted by Gasteiger charge is 2.24. The number of hydrogen-bond donors (Lipinski definition) is 1. The molecule has 1 rings (SSSR count). The molecule has 0 bridgehead atoms. The van der Waals surface area contributed by atoms with Gasteiger partial charge in [0, 0.05) is 23.7 Å². The van der Waals surface area contributed by atoms with Crippen LogP contribution in [-0.2, 0) is 0 Å². The van der Waals surface area contributed by atoms with Gasteiger partial charge in [-0.05, 0) is 44.5 Å². The standard InChI is InChI=1S/C17H29ClN2/c1-6-11-19-12-17(13(2)3)20(5)14(4)15-9-7-8-10-16(15)18/h7-10,13-14,17,19H,6,11-12H2,1-5H3. The Morgan fingerprint density at radius 1 is 1.20 bits per heavy atom. The van der Waals surface area contributed by atoms with Crippen molar-refractivity contribution < 1.29 is 0 Å². The molecule has 3 heteroatoms. The third-order valence-corrected chi connectivity index (χ3v) is 4.38. The van der Waals surface area contributed by atoms with Gasteiger partial charge in [-0.2, -0.15) is 0 Å². The normalized spacial score (nSPS) is 14.8. The molecule has 0 fully saturated rings. The van der Waals surface area contributed by atoms with Gasteiger partial charge in [0.15, 0.2) is 0 Å². The first kappa shape index (κ1) is 17.5. The lowest BCUT2D eigenvalue weighted by Gasteiger charge is -2.36. The van der Waals surface area contributed by atoms with Gasteiger partial charge in [0.2, 0.25) is 0 Å². The lowest BCUT2D eigenvalue weighted by molar-refractivity contribution is 0.142. The van der Waals surface area contributed by atoms with Crippen LogP contribution in [0, 0.1) is 5.92 Å². The summed E-state index contributed by atoms with van der Waals surface area (Å²) >= 11 is 6.33. The van der Waals surface area contributed by atoms with Crippen LogP contribution < -0.4 is 5.32 Å². The SMILES string of the molecule is CCCNCC(C(C)C)N(C)C(C)c1ccccc1Cl. The number of likely N-dealkylation sites (N-methyl/N-ethyl adjacent to an activating group) is 1. The molecule has 0 spiro atoms. The van der Waals surface area contributed by atoms with Gasteiger partial charge in [-0.15, -0.1) is 0 Å². The van der Waals surface area contributed by atoms with Crippen LogP contribution in [0.5, 0.6) is 0 Å². The molecule has 1 N–H and O–H groups in total. The molecule has 0 aliphatic rings. The molecule has 0 heterocycles. The molecular weight excluding hydrogens is 268 g/mol. The van der Waals surface area contributed by atoms with Crippen LogP contribution in [0.2, 0.25) is 5.02 Å². The van der Waals surface area contributed by atoms with Gasteiger partial charge in [0.05, 0.1) is 0 Å². The minimum Gasteiger partial charge on any atom is -0.315 e. The molecular formula is C17H29ClN2. The number of nitrogens with one attached hydrogen (secondary N) is 1. The van der Waals surface area contributed by atoms with Crippen LogP contribution in [0.4, 0.5) is 0 Å². The van der Waals surface area contributed by atoms with Crippen molar-refractivity contribution in [3.8, 4) is 0 Å². The predicted molar refractivity (Wildman–Crippen MR) is 89.4 cm³/mol. The minimum absolute atomic E-state index is 0.319. The number of halogens is 1. The first-order chi connectivity index (χ1) is 9.49. The average Bonchev–Trinajstić information content (AvgIpc) is 2.42. The molecule has 0 saturated heterocycles. The Hall–Kier alpha value is -0.570. The molecule has 1 aromatic rings. The summed E-state index contributed by atoms with van der Waals surface area (Å²) in [7, 11) is 2.20. The van der Waals surface area contributed by atoms with E-state index >= 15 is 0 Å². The minimum atomic E-state index is 0.319. The number of hydrogen-bond acceptors (Lipinski definition) is 2. The highest BCUT2D eigenvalue weighted by atomic mass is 35.5. The molecule has 0 radical (unpaired) electrons. The molecule has 20 heavy (non-hydrogen) atoms. The fraction of sp³-hybridized carbons (Fsp3) is 0.647. The van der Waals surface area contributed by atoms with Crippen molar-refractivity contribution in [3.63, 3.8) is 0 Å². The van der Waals surface area contributed by atoms with Crippen LogP contribution in [0.15, 0.2) is 24.3 Å². The Kier molecular flexibility index (Phi) is 7.57. The highest BCUT2D eigenvalue weighted by molar-refractivity contribution is 6.31. The fourth-order valence-corrected chi connectivity index (χ4v) is 2.89. The maximum Gasteiger partial charge on any atom is 0.0453 e. The molecule has 114 valence electrons. The van der Waals surface area contributed by atoms with Gasteiger partial charge in [-0.3, -0.25) is 4.90 Å². The van der Waals surface area contributed by atoms with E-state index in [2.05, 4.69) is 57.1 Å². The molecule has 2 atom stereocenters. The molecule has 2 unspecified atom stereocenters. The highest BCUT2D eigenvalue weighted by Crippen LogP contribution is 2.28. The topological polar surface area (TPSA) is 15.3 Å². The Morgan fingerprint density at radius 3 is 2.40 bits per heavy atom. The monoisotopic (exact) mass is 296 g/mol. The van der Waals surface area contributed by atoms with Gasteiger partial charge in [-0.1, -0.05) is 50.6 Å². The quantitative estimate of drug-likeness (QED) is 0.717. The van der Waals surface area contributed by atoms with Crippen molar-refractivity contribution in [3.05, 3.63) is 34.9 Å². The summed E-state index contributed by atoms with van der Waals surface area (Å²) in [5.41, 5.74) is 1.21. The Bertz CT molecular complexity index is 392. The molecule has 0 saturated carbocycles. The first-order valence-corrected chi connectivity index (χ1v) is 8.03. The Morgan fingerprint density at radius 2 is 1.85 bits per heavy atom. The van der Waals surface area contributed by atoms with E-state index in [1.54, 1.807) is 0 Å². The van der Waals surface area contributed by atoms with Crippen molar-refractivity contribution in [2.45, 2.75) is 46.2 Å².